The standard InChI is InChI=1S/C15H8Br6N2O3/c16-6-1-10(19)15(11(20)2-6)26-5-12(24)23-22-4-7-8(17)3-9(18)14(25)13(7)21/h1-4,25H,5H2,(H,23,24)/b22-4+. The molecular formula is C15H8Br6N2O3. The number of phenolic OH excluding ortho intramolecular Hbond substituents is 1. The topological polar surface area (TPSA) is 70.9 Å². The summed E-state index contributed by atoms with van der Waals surface area (Å²) in [6, 6.07) is 5.30. The van der Waals surface area contributed by atoms with Crippen molar-refractivity contribution in [1.29, 1.82) is 0 Å². The van der Waals surface area contributed by atoms with E-state index in [1.54, 1.807) is 6.07 Å². The number of ether oxygens (including phenoxy) is 1. The molecule has 0 fully saturated rings. The third-order valence-corrected chi connectivity index (χ3v) is 6.57. The van der Waals surface area contributed by atoms with Gasteiger partial charge in [-0.25, -0.2) is 5.43 Å². The molecule has 0 aliphatic carbocycles. The molecule has 2 aromatic rings. The van der Waals surface area contributed by atoms with Crippen molar-refractivity contribution >= 4 is 108 Å². The lowest BCUT2D eigenvalue weighted by atomic mass is 10.2. The molecule has 0 aromatic heterocycles. The van der Waals surface area contributed by atoms with E-state index < -0.39 is 5.91 Å². The van der Waals surface area contributed by atoms with Crippen LogP contribution < -0.4 is 10.2 Å². The zero-order chi connectivity index (χ0) is 19.4. The van der Waals surface area contributed by atoms with Crippen LogP contribution in [0.2, 0.25) is 0 Å². The van der Waals surface area contributed by atoms with Gasteiger partial charge in [0.25, 0.3) is 5.91 Å². The lowest BCUT2D eigenvalue weighted by Gasteiger charge is -2.10. The first-order chi connectivity index (χ1) is 12.2. The summed E-state index contributed by atoms with van der Waals surface area (Å²) in [5.41, 5.74) is 2.95. The average molecular weight is 744 g/mol. The Morgan fingerprint density at radius 2 is 1.65 bits per heavy atom. The summed E-state index contributed by atoms with van der Waals surface area (Å²) in [5, 5.41) is 13.8. The summed E-state index contributed by atoms with van der Waals surface area (Å²) in [7, 11) is 0. The number of hydrogen-bond donors (Lipinski definition) is 2. The maximum absolute atomic E-state index is 11.9. The van der Waals surface area contributed by atoms with Crippen LogP contribution in [-0.4, -0.2) is 23.8 Å². The van der Waals surface area contributed by atoms with Gasteiger partial charge in [-0.05, 0) is 81.9 Å². The Labute approximate surface area is 199 Å². The average Bonchev–Trinajstić information content (AvgIpc) is 2.55. The molecule has 2 aromatic carbocycles. The quantitative estimate of drug-likeness (QED) is 0.272. The summed E-state index contributed by atoms with van der Waals surface area (Å²) >= 11 is 20.0. The van der Waals surface area contributed by atoms with Gasteiger partial charge in [-0.1, -0.05) is 31.9 Å². The van der Waals surface area contributed by atoms with Gasteiger partial charge in [0, 0.05) is 14.5 Å². The minimum atomic E-state index is -0.434. The molecule has 11 heteroatoms. The van der Waals surface area contributed by atoms with E-state index in [1.807, 2.05) is 12.1 Å². The zero-order valence-electron chi connectivity index (χ0n) is 12.5. The van der Waals surface area contributed by atoms with E-state index in [2.05, 4.69) is 106 Å². The lowest BCUT2D eigenvalue weighted by molar-refractivity contribution is -0.123. The maximum atomic E-state index is 11.9. The molecule has 0 spiro atoms. The third-order valence-electron chi connectivity index (χ3n) is 2.87. The zero-order valence-corrected chi connectivity index (χ0v) is 22.0. The highest BCUT2D eigenvalue weighted by Gasteiger charge is 2.13. The van der Waals surface area contributed by atoms with Crippen LogP contribution in [0.3, 0.4) is 0 Å². The van der Waals surface area contributed by atoms with E-state index in [0.29, 0.717) is 33.7 Å². The number of halogens is 6. The first kappa shape index (κ1) is 22.4. The fraction of sp³-hybridized carbons (Fsp3) is 0.0667. The first-order valence-corrected chi connectivity index (χ1v) is 11.4. The van der Waals surface area contributed by atoms with E-state index >= 15 is 0 Å². The van der Waals surface area contributed by atoms with E-state index in [0.717, 1.165) is 4.47 Å². The van der Waals surface area contributed by atoms with E-state index in [4.69, 9.17) is 4.74 Å². The second-order valence-corrected chi connectivity index (χ2v) is 9.82. The summed E-state index contributed by atoms with van der Waals surface area (Å²) in [4.78, 5) is 11.9. The molecule has 0 aliphatic rings. The van der Waals surface area contributed by atoms with E-state index in [-0.39, 0.29) is 12.4 Å². The van der Waals surface area contributed by atoms with Crippen LogP contribution in [-0.2, 0) is 4.79 Å². The van der Waals surface area contributed by atoms with Crippen molar-refractivity contribution in [3.8, 4) is 11.5 Å². The molecule has 0 radical (unpaired) electrons. The van der Waals surface area contributed by atoms with Crippen molar-refractivity contribution in [2.75, 3.05) is 6.61 Å². The second-order valence-electron chi connectivity index (χ2n) is 4.70. The van der Waals surface area contributed by atoms with Crippen LogP contribution in [0.25, 0.3) is 0 Å². The molecule has 0 saturated heterocycles. The van der Waals surface area contributed by atoms with Crippen molar-refractivity contribution in [2.24, 2.45) is 5.10 Å². The van der Waals surface area contributed by atoms with E-state index in [1.165, 1.54) is 6.21 Å². The Morgan fingerprint density at radius 1 is 1.04 bits per heavy atom. The van der Waals surface area contributed by atoms with Crippen molar-refractivity contribution in [3.05, 3.63) is 50.6 Å². The molecule has 5 nitrogen and oxygen atoms in total. The smallest absolute Gasteiger partial charge is 0.277 e. The lowest BCUT2D eigenvalue weighted by Crippen LogP contribution is -2.24. The summed E-state index contributed by atoms with van der Waals surface area (Å²) < 4.78 is 9.43. The van der Waals surface area contributed by atoms with Crippen molar-refractivity contribution in [2.45, 2.75) is 0 Å². The Bertz CT molecular complexity index is 865. The molecule has 1 amide bonds. The molecule has 2 N–H and O–H groups in total. The monoisotopic (exact) mass is 738 g/mol. The Hall–Kier alpha value is 0.0600. The Kier molecular flexibility index (Phi) is 8.61. The minimum absolute atomic E-state index is 0.0363. The predicted octanol–water partition coefficient (Wildman–Crippen LogP) is 6.50. The Balaban J connectivity index is 2.00. The second kappa shape index (κ2) is 10.0. The SMILES string of the molecule is O=C(COc1c(Br)cc(Br)cc1Br)N/N=C/c1c(Br)cc(Br)c(O)c1Br. The fourth-order valence-electron chi connectivity index (χ4n) is 1.72. The molecule has 0 aliphatic heterocycles. The molecular weight excluding hydrogens is 736 g/mol. The van der Waals surface area contributed by atoms with Gasteiger partial charge < -0.3 is 9.84 Å². The number of hydrazone groups is 1. The molecule has 0 heterocycles. The van der Waals surface area contributed by atoms with Crippen molar-refractivity contribution in [1.82, 2.24) is 5.43 Å². The number of phenols is 1. The van der Waals surface area contributed by atoms with E-state index in [9.17, 15) is 9.90 Å². The first-order valence-electron chi connectivity index (χ1n) is 6.66. The highest BCUT2D eigenvalue weighted by atomic mass is 79.9. The minimum Gasteiger partial charge on any atom is -0.506 e. The number of carbonyl (C=O) groups excluding carboxylic acids is 1. The van der Waals surface area contributed by atoms with Gasteiger partial charge in [-0.2, -0.15) is 5.10 Å². The van der Waals surface area contributed by atoms with Crippen molar-refractivity contribution in [3.63, 3.8) is 0 Å². The number of rotatable bonds is 5. The largest absolute Gasteiger partial charge is 0.506 e. The van der Waals surface area contributed by atoms with Gasteiger partial charge in [-0.15, -0.1) is 0 Å². The van der Waals surface area contributed by atoms with Crippen LogP contribution in [0.15, 0.2) is 50.1 Å². The number of hydrogen-bond acceptors (Lipinski definition) is 4. The summed E-state index contributed by atoms with van der Waals surface area (Å²) in [6.07, 6.45) is 1.41. The molecule has 0 unspecified atom stereocenters. The van der Waals surface area contributed by atoms with Crippen molar-refractivity contribution < 1.29 is 14.6 Å². The van der Waals surface area contributed by atoms with Gasteiger partial charge in [0.1, 0.15) is 11.5 Å². The van der Waals surface area contributed by atoms with Gasteiger partial charge >= 0.3 is 0 Å². The van der Waals surface area contributed by atoms with Gasteiger partial charge in [-0.3, -0.25) is 4.79 Å². The molecule has 26 heavy (non-hydrogen) atoms. The molecule has 0 saturated carbocycles. The van der Waals surface area contributed by atoms with Crippen LogP contribution >= 0.6 is 95.6 Å². The van der Waals surface area contributed by atoms with Crippen LogP contribution in [0, 0.1) is 0 Å². The number of benzene rings is 2. The van der Waals surface area contributed by atoms with Crippen LogP contribution in [0.1, 0.15) is 5.56 Å². The number of nitrogens with zero attached hydrogens (tertiary/aromatic N) is 1. The van der Waals surface area contributed by atoms with Gasteiger partial charge in [0.15, 0.2) is 6.61 Å². The Morgan fingerprint density at radius 3 is 2.27 bits per heavy atom. The molecule has 0 bridgehead atoms. The fourth-order valence-corrected chi connectivity index (χ4v) is 6.53. The normalized spacial score (nSPS) is 11.0. The summed E-state index contributed by atoms with van der Waals surface area (Å²) in [5.74, 6) is 0.112. The highest BCUT2D eigenvalue weighted by molar-refractivity contribution is 9.12. The predicted molar refractivity (Wildman–Crippen MR) is 122 cm³/mol. The molecule has 2 rings (SSSR count). The third kappa shape index (κ3) is 5.78. The number of amides is 1. The maximum Gasteiger partial charge on any atom is 0.277 e. The number of nitrogens with one attached hydrogen (secondary N) is 1. The highest BCUT2D eigenvalue weighted by Crippen LogP contribution is 2.38. The van der Waals surface area contributed by atoms with Crippen LogP contribution in [0.5, 0.6) is 11.5 Å². The van der Waals surface area contributed by atoms with Gasteiger partial charge in [0.05, 0.1) is 24.1 Å². The van der Waals surface area contributed by atoms with Gasteiger partial charge in [0.2, 0.25) is 0 Å². The number of aromatic hydroxyl groups is 1. The van der Waals surface area contributed by atoms with Crippen LogP contribution in [0.4, 0.5) is 0 Å². The number of carbonyl (C=O) groups is 1. The molecule has 138 valence electrons. The summed E-state index contributed by atoms with van der Waals surface area (Å²) in [6.45, 7) is -0.218. The molecule has 0 atom stereocenters.